The van der Waals surface area contributed by atoms with Crippen molar-refractivity contribution in [3.05, 3.63) is 46.8 Å². The van der Waals surface area contributed by atoms with Crippen LogP contribution in [0.3, 0.4) is 0 Å². The van der Waals surface area contributed by atoms with Crippen LogP contribution in [0.5, 0.6) is 0 Å². The van der Waals surface area contributed by atoms with E-state index < -0.39 is 6.04 Å². The van der Waals surface area contributed by atoms with Gasteiger partial charge in [-0.05, 0) is 34.0 Å². The first kappa shape index (κ1) is 11.2. The van der Waals surface area contributed by atoms with Crippen molar-refractivity contribution in [2.24, 2.45) is 5.73 Å². The molecule has 1 unspecified atom stereocenters. The van der Waals surface area contributed by atoms with Crippen LogP contribution in [-0.2, 0) is 6.42 Å². The van der Waals surface area contributed by atoms with Crippen molar-refractivity contribution in [2.45, 2.75) is 12.5 Å². The van der Waals surface area contributed by atoms with Crippen LogP contribution in [0.15, 0.2) is 41.2 Å². The number of aliphatic hydroxyl groups is 1. The quantitative estimate of drug-likeness (QED) is 0.757. The van der Waals surface area contributed by atoms with E-state index in [0.29, 0.717) is 6.42 Å². The Balaban J connectivity index is 2.39. The van der Waals surface area contributed by atoms with Gasteiger partial charge in [-0.3, -0.25) is 0 Å². The molecule has 2 aromatic rings. The van der Waals surface area contributed by atoms with Crippen molar-refractivity contribution in [1.29, 1.82) is 0 Å². The molecule has 1 heterocycles. The normalized spacial score (nSPS) is 12.9. The fourth-order valence-corrected chi connectivity index (χ4v) is 2.18. The number of aromatic nitrogens is 1. The van der Waals surface area contributed by atoms with Gasteiger partial charge >= 0.3 is 0 Å². The van der Waals surface area contributed by atoms with Gasteiger partial charge < -0.3 is 15.8 Å². The Labute approximate surface area is 102 Å². The summed E-state index contributed by atoms with van der Waals surface area (Å²) in [5, 5.41) is 10.3. The smallest absolute Gasteiger partial charge is 0.102 e. The lowest BCUT2D eigenvalue weighted by molar-refractivity contribution is 0.369. The Morgan fingerprint density at radius 1 is 1.56 bits per heavy atom. The van der Waals surface area contributed by atoms with Gasteiger partial charge in [-0.15, -0.1) is 0 Å². The van der Waals surface area contributed by atoms with Crippen LogP contribution < -0.4 is 5.73 Å². The van der Waals surface area contributed by atoms with Crippen molar-refractivity contribution < 1.29 is 5.11 Å². The number of aliphatic hydroxyl groups excluding tert-OH is 1. The average molecular weight is 281 g/mol. The minimum Gasteiger partial charge on any atom is -0.511 e. The first-order valence-corrected chi connectivity index (χ1v) is 5.76. The third-order valence-corrected chi connectivity index (χ3v) is 3.28. The maximum atomic E-state index is 9.21. The van der Waals surface area contributed by atoms with Crippen LogP contribution in [0.25, 0.3) is 10.9 Å². The van der Waals surface area contributed by atoms with E-state index in [4.69, 9.17) is 5.73 Å². The van der Waals surface area contributed by atoms with Crippen LogP contribution in [0.1, 0.15) is 5.56 Å². The van der Waals surface area contributed by atoms with Crippen LogP contribution >= 0.6 is 15.9 Å². The largest absolute Gasteiger partial charge is 0.511 e. The highest BCUT2D eigenvalue weighted by molar-refractivity contribution is 9.10. The van der Waals surface area contributed by atoms with E-state index in [1.807, 2.05) is 24.4 Å². The lowest BCUT2D eigenvalue weighted by atomic mass is 10.0. The van der Waals surface area contributed by atoms with Crippen LogP contribution in [-0.4, -0.2) is 16.1 Å². The minimum absolute atomic E-state index is 0.0179. The highest BCUT2D eigenvalue weighted by Crippen LogP contribution is 2.26. The molecule has 4 heteroatoms. The van der Waals surface area contributed by atoms with Crippen LogP contribution in [0.4, 0.5) is 0 Å². The summed E-state index contributed by atoms with van der Waals surface area (Å²) >= 11 is 3.48. The molecular weight excluding hydrogens is 268 g/mol. The molecule has 1 aromatic heterocycles. The molecule has 1 atom stereocenters. The summed E-state index contributed by atoms with van der Waals surface area (Å²) < 4.78 is 1.02. The summed E-state index contributed by atoms with van der Waals surface area (Å²) in [6.45, 7) is 3.44. The molecule has 0 bridgehead atoms. The summed E-state index contributed by atoms with van der Waals surface area (Å²) in [5.41, 5.74) is 7.89. The number of benzene rings is 1. The fraction of sp³-hybridized carbons (Fsp3) is 0.167. The molecular formula is C12H13BrN2O. The average Bonchev–Trinajstić information content (AvgIpc) is 2.63. The molecule has 84 valence electrons. The minimum atomic E-state index is -0.419. The SMILES string of the molecule is C=C(O)C(N)Cc1c[nH]c2c(Br)cccc12. The number of nitrogens with two attached hydrogens (primary N) is 1. The van der Waals surface area contributed by atoms with Gasteiger partial charge in [0, 0.05) is 16.1 Å². The molecule has 0 fully saturated rings. The lowest BCUT2D eigenvalue weighted by Crippen LogP contribution is -2.24. The monoisotopic (exact) mass is 280 g/mol. The first-order chi connectivity index (χ1) is 7.59. The highest BCUT2D eigenvalue weighted by Gasteiger charge is 2.11. The highest BCUT2D eigenvalue weighted by atomic mass is 79.9. The Morgan fingerprint density at radius 3 is 3.00 bits per heavy atom. The molecule has 0 aliphatic carbocycles. The molecule has 16 heavy (non-hydrogen) atoms. The third kappa shape index (κ3) is 1.99. The maximum absolute atomic E-state index is 9.21. The molecule has 3 nitrogen and oxygen atoms in total. The molecule has 0 saturated carbocycles. The summed E-state index contributed by atoms with van der Waals surface area (Å²) in [4.78, 5) is 3.19. The topological polar surface area (TPSA) is 62.0 Å². The standard InChI is InChI=1S/C12H13BrN2O/c1-7(16)11(14)5-8-6-15-12-9(8)3-2-4-10(12)13/h2-4,6,11,15-16H,1,5,14H2. The predicted molar refractivity (Wildman–Crippen MR) is 69.4 cm³/mol. The summed E-state index contributed by atoms with van der Waals surface area (Å²) in [6.07, 6.45) is 2.49. The summed E-state index contributed by atoms with van der Waals surface area (Å²) in [7, 11) is 0. The van der Waals surface area contributed by atoms with E-state index >= 15 is 0 Å². The number of hydrogen-bond donors (Lipinski definition) is 3. The van der Waals surface area contributed by atoms with E-state index in [2.05, 4.69) is 27.5 Å². The second-order valence-corrected chi connectivity index (χ2v) is 4.63. The summed E-state index contributed by atoms with van der Waals surface area (Å²) in [6, 6.07) is 5.56. The zero-order valence-corrected chi connectivity index (χ0v) is 10.3. The fourth-order valence-electron chi connectivity index (χ4n) is 1.70. The summed E-state index contributed by atoms with van der Waals surface area (Å²) in [5.74, 6) is 0.0179. The number of nitrogens with one attached hydrogen (secondary N) is 1. The maximum Gasteiger partial charge on any atom is 0.102 e. The molecule has 0 radical (unpaired) electrons. The van der Waals surface area contributed by atoms with Crippen molar-refractivity contribution in [1.82, 2.24) is 4.98 Å². The van der Waals surface area contributed by atoms with Gasteiger partial charge in [0.05, 0.1) is 11.6 Å². The van der Waals surface area contributed by atoms with E-state index in [-0.39, 0.29) is 5.76 Å². The van der Waals surface area contributed by atoms with E-state index in [0.717, 1.165) is 20.9 Å². The van der Waals surface area contributed by atoms with Crippen molar-refractivity contribution in [2.75, 3.05) is 0 Å². The van der Waals surface area contributed by atoms with Gasteiger partial charge in [-0.1, -0.05) is 18.7 Å². The van der Waals surface area contributed by atoms with E-state index in [9.17, 15) is 5.11 Å². The zero-order valence-electron chi connectivity index (χ0n) is 8.70. The molecule has 0 amide bonds. The molecule has 2 rings (SSSR count). The van der Waals surface area contributed by atoms with E-state index in [1.54, 1.807) is 0 Å². The molecule has 0 aliphatic heterocycles. The van der Waals surface area contributed by atoms with Crippen molar-refractivity contribution in [3.63, 3.8) is 0 Å². The number of para-hydroxylation sites is 1. The molecule has 1 aromatic carbocycles. The Hall–Kier alpha value is -1.26. The van der Waals surface area contributed by atoms with Crippen molar-refractivity contribution in [3.8, 4) is 0 Å². The van der Waals surface area contributed by atoms with Crippen molar-refractivity contribution >= 4 is 26.8 Å². The number of fused-ring (bicyclic) bond motifs is 1. The van der Waals surface area contributed by atoms with Gasteiger partial charge in [0.25, 0.3) is 0 Å². The molecule has 0 saturated heterocycles. The van der Waals surface area contributed by atoms with Gasteiger partial charge in [0.2, 0.25) is 0 Å². The predicted octanol–water partition coefficient (Wildman–Crippen LogP) is 2.87. The number of halogens is 1. The molecule has 0 spiro atoms. The van der Waals surface area contributed by atoms with Gasteiger partial charge in [-0.25, -0.2) is 0 Å². The molecule has 0 aliphatic rings. The number of hydrogen-bond acceptors (Lipinski definition) is 2. The second-order valence-electron chi connectivity index (χ2n) is 3.78. The van der Waals surface area contributed by atoms with Gasteiger partial charge in [0.1, 0.15) is 5.76 Å². The second kappa shape index (κ2) is 4.31. The number of rotatable bonds is 3. The van der Waals surface area contributed by atoms with Gasteiger partial charge in [0.15, 0.2) is 0 Å². The Kier molecular flexibility index (Phi) is 3.03. The third-order valence-electron chi connectivity index (χ3n) is 2.62. The zero-order chi connectivity index (χ0) is 11.7. The first-order valence-electron chi connectivity index (χ1n) is 4.97. The Morgan fingerprint density at radius 2 is 2.31 bits per heavy atom. The van der Waals surface area contributed by atoms with Gasteiger partial charge in [-0.2, -0.15) is 0 Å². The Bertz CT molecular complexity index is 533. The number of aromatic amines is 1. The number of H-pyrrole nitrogens is 1. The lowest BCUT2D eigenvalue weighted by Gasteiger charge is -2.08. The molecule has 4 N–H and O–H groups in total. The van der Waals surface area contributed by atoms with Crippen LogP contribution in [0.2, 0.25) is 0 Å². The van der Waals surface area contributed by atoms with Crippen LogP contribution in [0, 0.1) is 0 Å². The van der Waals surface area contributed by atoms with E-state index in [1.165, 1.54) is 0 Å².